The predicted octanol–water partition coefficient (Wildman–Crippen LogP) is 4.57. The van der Waals surface area contributed by atoms with E-state index >= 15 is 0 Å². The molecule has 1 spiro atoms. The molecule has 1 aromatic rings. The summed E-state index contributed by atoms with van der Waals surface area (Å²) in [4.78, 5) is 50.6. The van der Waals surface area contributed by atoms with Gasteiger partial charge < -0.3 is 24.7 Å². The summed E-state index contributed by atoms with van der Waals surface area (Å²) < 4.78 is -0.798. The van der Waals surface area contributed by atoms with Crippen molar-refractivity contribution in [1.29, 1.82) is 0 Å². The van der Waals surface area contributed by atoms with E-state index in [1.54, 1.807) is 45.7 Å². The molecule has 3 aliphatic heterocycles. The van der Waals surface area contributed by atoms with Gasteiger partial charge in [0.1, 0.15) is 6.04 Å². The van der Waals surface area contributed by atoms with Gasteiger partial charge in [0, 0.05) is 54.7 Å². The third-order valence-electron chi connectivity index (χ3n) is 9.24. The number of likely N-dealkylation sites (N-methyl/N-ethyl adjacent to an activating group) is 1. The number of benzene rings is 1. The van der Waals surface area contributed by atoms with Crippen molar-refractivity contribution in [3.63, 3.8) is 0 Å². The molecule has 3 amide bonds. The van der Waals surface area contributed by atoms with Crippen molar-refractivity contribution in [2.75, 3.05) is 49.6 Å². The van der Waals surface area contributed by atoms with Crippen molar-refractivity contribution in [3.8, 4) is 0 Å². The molecule has 0 radical (unpaired) electrons. The number of rotatable bonds is 14. The molecule has 0 aliphatic carbocycles. The van der Waals surface area contributed by atoms with Crippen molar-refractivity contribution in [1.82, 2.24) is 9.80 Å². The molecule has 3 fully saturated rings. The van der Waals surface area contributed by atoms with Crippen molar-refractivity contribution in [3.05, 3.63) is 49.6 Å². The van der Waals surface area contributed by atoms with Gasteiger partial charge in [0.25, 0.3) is 5.91 Å². The fourth-order valence-electron chi connectivity index (χ4n) is 7.41. The molecule has 236 valence electrons. The molecule has 0 saturated carbocycles. The van der Waals surface area contributed by atoms with E-state index in [4.69, 9.17) is 0 Å². The van der Waals surface area contributed by atoms with E-state index in [-0.39, 0.29) is 46.9 Å². The largest absolute Gasteiger partial charge is 0.394 e. The summed E-state index contributed by atoms with van der Waals surface area (Å²) in [6.45, 7) is 18.2. The Bertz CT molecular complexity index is 1210. The van der Waals surface area contributed by atoms with E-state index in [1.165, 1.54) is 0 Å². The summed E-state index contributed by atoms with van der Waals surface area (Å²) in [6.07, 6.45) is 4.52. The number of anilines is 2. The third-order valence-corrected chi connectivity index (χ3v) is 12.5. The summed E-state index contributed by atoms with van der Waals surface area (Å²) in [5.41, 5.74) is 1.80. The molecular weight excluding hydrogens is 628 g/mol. The van der Waals surface area contributed by atoms with Crippen molar-refractivity contribution in [2.45, 2.75) is 67.4 Å². The predicted molar refractivity (Wildman–Crippen MR) is 180 cm³/mol. The van der Waals surface area contributed by atoms with Crippen LogP contribution in [0.2, 0.25) is 0 Å². The van der Waals surface area contributed by atoms with Gasteiger partial charge in [-0.3, -0.25) is 14.4 Å². The van der Waals surface area contributed by atoms with Crippen molar-refractivity contribution < 1.29 is 19.5 Å². The molecular formula is C33H47BrN4O4S. The van der Waals surface area contributed by atoms with Gasteiger partial charge in [-0.15, -0.1) is 24.9 Å². The van der Waals surface area contributed by atoms with E-state index in [2.05, 4.69) is 47.8 Å². The monoisotopic (exact) mass is 674 g/mol. The standard InChI is InChI=1S/C33H47BrN4O4S/c1-8-16-35(7)30(40)26-27-31(41)38(24(20-39)18-21(5)6)29(33(27)19-25(34)28(26)43-33)32(42)37(17-9-2)23-14-12-22(13-15-23)36(10-3)11-4/h8-9,12-15,21,24-29,39H,1-2,10-11,16-20H2,3-7H3/t24-,25?,26+,27+,28+,29?,33?/m1/s1. The molecule has 10 heteroatoms. The molecule has 1 N–H and O–H groups in total. The van der Waals surface area contributed by atoms with Crippen LogP contribution in [-0.2, 0) is 14.4 Å². The smallest absolute Gasteiger partial charge is 0.251 e. The summed E-state index contributed by atoms with van der Waals surface area (Å²) in [7, 11) is 1.74. The Hall–Kier alpha value is -2.30. The highest BCUT2D eigenvalue weighted by atomic mass is 79.9. The quantitative estimate of drug-likeness (QED) is 0.230. The van der Waals surface area contributed by atoms with E-state index in [0.717, 1.165) is 24.5 Å². The Morgan fingerprint density at radius 3 is 2.26 bits per heavy atom. The molecule has 3 heterocycles. The zero-order valence-electron chi connectivity index (χ0n) is 26.1. The number of likely N-dealkylation sites (tertiary alicyclic amines) is 1. The van der Waals surface area contributed by atoms with Gasteiger partial charge in [0.05, 0.1) is 29.2 Å². The summed E-state index contributed by atoms with van der Waals surface area (Å²) in [5, 5.41) is 10.5. The lowest BCUT2D eigenvalue weighted by molar-refractivity contribution is -0.145. The normalized spacial score (nSPS) is 28.1. The number of carbonyl (C=O) groups is 3. The van der Waals surface area contributed by atoms with E-state index < -0.39 is 28.7 Å². The second kappa shape index (κ2) is 13.8. The second-order valence-electron chi connectivity index (χ2n) is 12.3. The highest BCUT2D eigenvalue weighted by Gasteiger charge is 2.76. The molecule has 2 bridgehead atoms. The van der Waals surface area contributed by atoms with Gasteiger partial charge in [-0.2, -0.15) is 0 Å². The molecule has 1 aromatic carbocycles. The number of carbonyl (C=O) groups excluding carboxylic acids is 3. The van der Waals surface area contributed by atoms with Crippen LogP contribution in [-0.4, -0.2) is 99.4 Å². The summed E-state index contributed by atoms with van der Waals surface area (Å²) in [6, 6.07) is 6.58. The van der Waals surface area contributed by atoms with Gasteiger partial charge in [0.2, 0.25) is 11.8 Å². The molecule has 3 aliphatic rings. The first kappa shape index (κ1) is 33.6. The lowest BCUT2D eigenvalue weighted by Crippen LogP contribution is -2.58. The van der Waals surface area contributed by atoms with Crippen LogP contribution in [0, 0.1) is 17.8 Å². The number of aliphatic hydroxyl groups is 1. The number of aliphatic hydroxyl groups excluding tert-OH is 1. The average molecular weight is 676 g/mol. The van der Waals surface area contributed by atoms with Crippen molar-refractivity contribution >= 4 is 56.8 Å². The Labute approximate surface area is 269 Å². The molecule has 8 nitrogen and oxygen atoms in total. The van der Waals surface area contributed by atoms with Crippen LogP contribution >= 0.6 is 27.7 Å². The number of hydrogen-bond donors (Lipinski definition) is 1. The minimum Gasteiger partial charge on any atom is -0.394 e. The second-order valence-corrected chi connectivity index (χ2v) is 15.0. The maximum absolute atomic E-state index is 14.9. The lowest BCUT2D eigenvalue weighted by Gasteiger charge is -2.40. The SMILES string of the molecule is C=CCN(C)C(=O)[C@H]1[C@H]2C(=O)N([C@@H](CO)CC(C)C)C(C(=O)N(CC=C)c3ccc(N(CC)CC)cc3)C23CC(Br)[C@@H]1S3. The fourth-order valence-corrected chi connectivity index (χ4v) is 11.0. The molecule has 3 unspecified atom stereocenters. The van der Waals surface area contributed by atoms with Gasteiger partial charge >= 0.3 is 0 Å². The first-order chi connectivity index (χ1) is 20.5. The number of hydrogen-bond acceptors (Lipinski definition) is 6. The maximum atomic E-state index is 14.9. The lowest BCUT2D eigenvalue weighted by atomic mass is 9.70. The minimum atomic E-state index is -0.833. The van der Waals surface area contributed by atoms with E-state index in [9.17, 15) is 19.5 Å². The zero-order chi connectivity index (χ0) is 31.6. The minimum absolute atomic E-state index is 0.0261. The topological polar surface area (TPSA) is 84.4 Å². The fraction of sp³-hybridized carbons (Fsp3) is 0.606. The number of nitrogens with zero attached hydrogens (tertiary/aromatic N) is 4. The molecule has 4 rings (SSSR count). The third kappa shape index (κ3) is 5.91. The molecule has 7 atom stereocenters. The number of thioether (sulfide) groups is 1. The number of amides is 3. The molecule has 43 heavy (non-hydrogen) atoms. The first-order valence-corrected chi connectivity index (χ1v) is 17.2. The number of alkyl halides is 1. The van der Waals surface area contributed by atoms with Crippen LogP contribution in [0.4, 0.5) is 11.4 Å². The Kier molecular flexibility index (Phi) is 10.8. The van der Waals surface area contributed by atoms with Gasteiger partial charge in [-0.25, -0.2) is 0 Å². The van der Waals surface area contributed by atoms with Gasteiger partial charge in [0.15, 0.2) is 0 Å². The first-order valence-electron chi connectivity index (χ1n) is 15.4. The van der Waals surface area contributed by atoms with Crippen LogP contribution < -0.4 is 9.80 Å². The van der Waals surface area contributed by atoms with E-state index in [0.29, 0.717) is 19.4 Å². The molecule has 0 aromatic heterocycles. The van der Waals surface area contributed by atoms with E-state index in [1.807, 2.05) is 38.1 Å². The van der Waals surface area contributed by atoms with Crippen LogP contribution in [0.1, 0.15) is 40.5 Å². The Morgan fingerprint density at radius 2 is 1.72 bits per heavy atom. The zero-order valence-corrected chi connectivity index (χ0v) is 28.5. The summed E-state index contributed by atoms with van der Waals surface area (Å²) in [5.74, 6) is -1.53. The molecule has 3 saturated heterocycles. The number of fused-ring (bicyclic) bond motifs is 1. The number of halogens is 1. The highest BCUT2D eigenvalue weighted by Crippen LogP contribution is 2.68. The van der Waals surface area contributed by atoms with Crippen LogP contribution in [0.5, 0.6) is 0 Å². The maximum Gasteiger partial charge on any atom is 0.251 e. The average Bonchev–Trinajstić information content (AvgIpc) is 3.58. The van der Waals surface area contributed by atoms with Crippen LogP contribution in [0.15, 0.2) is 49.6 Å². The summed E-state index contributed by atoms with van der Waals surface area (Å²) >= 11 is 5.46. The Morgan fingerprint density at radius 1 is 1.12 bits per heavy atom. The van der Waals surface area contributed by atoms with Gasteiger partial charge in [-0.05, 0) is 56.9 Å². The van der Waals surface area contributed by atoms with Crippen LogP contribution in [0.25, 0.3) is 0 Å². The highest BCUT2D eigenvalue weighted by molar-refractivity contribution is 9.09. The van der Waals surface area contributed by atoms with Crippen LogP contribution in [0.3, 0.4) is 0 Å². The van der Waals surface area contributed by atoms with Crippen molar-refractivity contribution in [2.24, 2.45) is 17.8 Å². The Balaban J connectivity index is 1.82. The van der Waals surface area contributed by atoms with Gasteiger partial charge in [-0.1, -0.05) is 41.9 Å².